The van der Waals surface area contributed by atoms with E-state index in [0.717, 1.165) is 5.69 Å². The maximum atomic E-state index is 12.3. The lowest BCUT2D eigenvalue weighted by molar-refractivity contribution is -0.140. The Balaban J connectivity index is 2.16. The Morgan fingerprint density at radius 3 is 2.30 bits per heavy atom. The van der Waals surface area contributed by atoms with Crippen molar-refractivity contribution >= 4 is 23.3 Å². The minimum atomic E-state index is -0.906. The predicted octanol–water partition coefficient (Wildman–Crippen LogP) is 2.05. The van der Waals surface area contributed by atoms with Crippen LogP contribution in [0.3, 0.4) is 0 Å². The molecule has 2 N–H and O–H groups in total. The summed E-state index contributed by atoms with van der Waals surface area (Å²) in [5, 5.41) is 12.0. The average Bonchev–Trinajstić information content (AvgIpc) is 2.93. The molecule has 1 aromatic carbocycles. The average molecular weight is 276 g/mol. The molecule has 0 unspecified atom stereocenters. The first-order valence-electron chi connectivity index (χ1n) is 6.57. The summed E-state index contributed by atoms with van der Waals surface area (Å²) in [6.07, 6.45) is 0. The number of benzene rings is 1. The van der Waals surface area contributed by atoms with E-state index in [9.17, 15) is 9.59 Å². The van der Waals surface area contributed by atoms with E-state index in [-0.39, 0.29) is 5.91 Å². The van der Waals surface area contributed by atoms with Gasteiger partial charge >= 0.3 is 5.97 Å². The van der Waals surface area contributed by atoms with Gasteiger partial charge in [-0.1, -0.05) is 26.0 Å². The van der Waals surface area contributed by atoms with Crippen molar-refractivity contribution in [2.45, 2.75) is 13.8 Å². The van der Waals surface area contributed by atoms with Gasteiger partial charge in [-0.05, 0) is 17.5 Å². The third-order valence-electron chi connectivity index (χ3n) is 4.02. The van der Waals surface area contributed by atoms with Gasteiger partial charge < -0.3 is 15.3 Å². The van der Waals surface area contributed by atoms with Crippen molar-refractivity contribution in [3.8, 4) is 0 Å². The van der Waals surface area contributed by atoms with Crippen LogP contribution in [0.1, 0.15) is 13.8 Å². The number of rotatable bonds is 4. The third-order valence-corrected chi connectivity index (χ3v) is 4.02. The molecule has 108 valence electrons. The van der Waals surface area contributed by atoms with Gasteiger partial charge in [0.05, 0.1) is 23.2 Å². The molecule has 1 aliphatic rings. The second kappa shape index (κ2) is 4.81. The predicted molar refractivity (Wildman–Crippen MR) is 77.8 cm³/mol. The number of carboxylic acid groups (broad SMARTS) is 1. The fourth-order valence-corrected chi connectivity index (χ4v) is 2.77. The first-order valence-corrected chi connectivity index (χ1v) is 6.57. The van der Waals surface area contributed by atoms with E-state index < -0.39 is 23.2 Å². The van der Waals surface area contributed by atoms with Crippen LogP contribution < -0.4 is 10.2 Å². The van der Waals surface area contributed by atoms with Gasteiger partial charge in [0.2, 0.25) is 5.91 Å². The molecular weight excluding hydrogens is 256 g/mol. The van der Waals surface area contributed by atoms with Crippen LogP contribution in [-0.2, 0) is 9.59 Å². The molecule has 0 spiro atoms. The zero-order valence-corrected chi connectivity index (χ0v) is 12.2. The summed E-state index contributed by atoms with van der Waals surface area (Å²) >= 11 is 0. The minimum Gasteiger partial charge on any atom is -0.481 e. The van der Waals surface area contributed by atoms with Gasteiger partial charge in [-0.25, -0.2) is 0 Å². The second-order valence-electron chi connectivity index (χ2n) is 6.02. The van der Waals surface area contributed by atoms with E-state index >= 15 is 0 Å². The van der Waals surface area contributed by atoms with Gasteiger partial charge in [-0.15, -0.1) is 0 Å². The Labute approximate surface area is 118 Å². The van der Waals surface area contributed by atoms with Crippen molar-refractivity contribution in [3.63, 3.8) is 0 Å². The number of para-hydroxylation sites is 2. The lowest BCUT2D eigenvalue weighted by Gasteiger charge is -2.17. The molecule has 1 fully saturated rings. The zero-order chi connectivity index (χ0) is 15.1. The number of nitrogens with zero attached hydrogens (tertiary/aromatic N) is 1. The highest BCUT2D eigenvalue weighted by Crippen LogP contribution is 2.58. The lowest BCUT2D eigenvalue weighted by Crippen LogP contribution is -2.20. The second-order valence-corrected chi connectivity index (χ2v) is 6.02. The number of carboxylic acids is 1. The number of carbonyl (C=O) groups is 2. The van der Waals surface area contributed by atoms with E-state index in [1.807, 2.05) is 57.1 Å². The van der Waals surface area contributed by atoms with E-state index in [1.54, 1.807) is 0 Å². The summed E-state index contributed by atoms with van der Waals surface area (Å²) < 4.78 is 0. The SMILES string of the molecule is CN(C)c1ccccc1NC(=O)[C@H]1[C@@H](C(=O)O)C1(C)C. The Kier molecular flexibility index (Phi) is 3.46. The molecule has 0 bridgehead atoms. The quantitative estimate of drug-likeness (QED) is 0.883. The summed E-state index contributed by atoms with van der Waals surface area (Å²) in [5.74, 6) is -2.21. The number of amides is 1. The highest BCUT2D eigenvalue weighted by atomic mass is 16.4. The Hall–Kier alpha value is -2.04. The monoisotopic (exact) mass is 276 g/mol. The van der Waals surface area contributed by atoms with Crippen LogP contribution in [0, 0.1) is 17.3 Å². The molecule has 1 saturated carbocycles. The Morgan fingerprint density at radius 2 is 1.80 bits per heavy atom. The van der Waals surface area contributed by atoms with Crippen molar-refractivity contribution in [2.24, 2.45) is 17.3 Å². The van der Waals surface area contributed by atoms with E-state index in [4.69, 9.17) is 5.11 Å². The smallest absolute Gasteiger partial charge is 0.307 e. The molecular formula is C15H20N2O3. The number of nitrogens with one attached hydrogen (secondary N) is 1. The molecule has 1 amide bonds. The van der Waals surface area contributed by atoms with Gasteiger partial charge in [0, 0.05) is 14.1 Å². The summed E-state index contributed by atoms with van der Waals surface area (Å²) in [6.45, 7) is 3.63. The summed E-state index contributed by atoms with van der Waals surface area (Å²) in [7, 11) is 3.79. The molecule has 0 heterocycles. The fraction of sp³-hybridized carbons (Fsp3) is 0.467. The maximum Gasteiger partial charge on any atom is 0.307 e. The minimum absolute atomic E-state index is 0.225. The first kappa shape index (κ1) is 14.4. The topological polar surface area (TPSA) is 69.6 Å². The zero-order valence-electron chi connectivity index (χ0n) is 12.2. The molecule has 20 heavy (non-hydrogen) atoms. The molecule has 2 atom stereocenters. The highest BCUT2D eigenvalue weighted by Gasteiger charge is 2.65. The van der Waals surface area contributed by atoms with Crippen molar-refractivity contribution in [1.29, 1.82) is 0 Å². The largest absolute Gasteiger partial charge is 0.481 e. The van der Waals surface area contributed by atoms with E-state index in [2.05, 4.69) is 5.32 Å². The number of aliphatic carboxylic acids is 1. The molecule has 1 aromatic rings. The van der Waals surface area contributed by atoms with Crippen LogP contribution in [0.15, 0.2) is 24.3 Å². The highest BCUT2D eigenvalue weighted by molar-refractivity contribution is 6.01. The van der Waals surface area contributed by atoms with Gasteiger partial charge in [-0.2, -0.15) is 0 Å². The molecule has 1 aliphatic carbocycles. The van der Waals surface area contributed by atoms with Crippen molar-refractivity contribution < 1.29 is 14.7 Å². The molecule has 0 radical (unpaired) electrons. The van der Waals surface area contributed by atoms with Crippen molar-refractivity contribution in [2.75, 3.05) is 24.3 Å². The van der Waals surface area contributed by atoms with Crippen LogP contribution in [-0.4, -0.2) is 31.1 Å². The maximum absolute atomic E-state index is 12.3. The van der Waals surface area contributed by atoms with Crippen LogP contribution in [0.25, 0.3) is 0 Å². The number of carbonyl (C=O) groups excluding carboxylic acids is 1. The third kappa shape index (κ3) is 2.35. The van der Waals surface area contributed by atoms with Crippen LogP contribution in [0.4, 0.5) is 11.4 Å². The summed E-state index contributed by atoms with van der Waals surface area (Å²) in [5.41, 5.74) is 1.11. The van der Waals surface area contributed by atoms with Gasteiger partial charge in [0.1, 0.15) is 0 Å². The van der Waals surface area contributed by atoms with E-state index in [1.165, 1.54) is 0 Å². The Bertz CT molecular complexity index is 552. The van der Waals surface area contributed by atoms with Crippen LogP contribution >= 0.6 is 0 Å². The fourth-order valence-electron chi connectivity index (χ4n) is 2.77. The molecule has 0 saturated heterocycles. The van der Waals surface area contributed by atoms with Crippen molar-refractivity contribution in [1.82, 2.24) is 0 Å². The molecule has 2 rings (SSSR count). The first-order chi connectivity index (χ1) is 9.26. The number of anilines is 2. The number of hydrogen-bond donors (Lipinski definition) is 2. The molecule has 0 aromatic heterocycles. The van der Waals surface area contributed by atoms with Gasteiger partial charge in [0.25, 0.3) is 0 Å². The number of hydrogen-bond acceptors (Lipinski definition) is 3. The summed E-state index contributed by atoms with van der Waals surface area (Å²) in [4.78, 5) is 25.3. The summed E-state index contributed by atoms with van der Waals surface area (Å²) in [6, 6.07) is 7.46. The molecule has 0 aliphatic heterocycles. The lowest BCUT2D eigenvalue weighted by atomic mass is 10.1. The van der Waals surface area contributed by atoms with Crippen LogP contribution in [0.5, 0.6) is 0 Å². The van der Waals surface area contributed by atoms with Gasteiger partial charge in [0.15, 0.2) is 0 Å². The normalized spacial score (nSPS) is 23.0. The standard InChI is InChI=1S/C15H20N2O3/c1-15(2)11(12(15)14(19)20)13(18)16-9-7-5-6-8-10(9)17(3)4/h5-8,11-12H,1-4H3,(H,16,18)(H,19,20)/t11-,12+/m1/s1. The van der Waals surface area contributed by atoms with Crippen LogP contribution in [0.2, 0.25) is 0 Å². The van der Waals surface area contributed by atoms with Crippen molar-refractivity contribution in [3.05, 3.63) is 24.3 Å². The Morgan fingerprint density at radius 1 is 1.20 bits per heavy atom. The van der Waals surface area contributed by atoms with Gasteiger partial charge in [-0.3, -0.25) is 9.59 Å². The molecule has 5 nitrogen and oxygen atoms in total. The molecule has 5 heteroatoms. The van der Waals surface area contributed by atoms with E-state index in [0.29, 0.717) is 5.69 Å².